The van der Waals surface area contributed by atoms with Gasteiger partial charge in [0.05, 0.1) is 15.7 Å². The molecule has 6 heteroatoms. The molecule has 0 spiro atoms. The van der Waals surface area contributed by atoms with Gasteiger partial charge in [-0.3, -0.25) is 5.10 Å². The Balaban J connectivity index is 2.22. The summed E-state index contributed by atoms with van der Waals surface area (Å²) in [5, 5.41) is 6.65. The first-order valence-electron chi connectivity index (χ1n) is 6.12. The largest absolute Gasteiger partial charge is 0.382 e. The normalized spacial score (nSPS) is 10.8. The summed E-state index contributed by atoms with van der Waals surface area (Å²) in [6.45, 7) is 0. The van der Waals surface area contributed by atoms with E-state index in [1.807, 2.05) is 0 Å². The predicted molar refractivity (Wildman–Crippen MR) is 81.5 cm³/mol. The lowest BCUT2D eigenvalue weighted by atomic mass is 10.0. The van der Waals surface area contributed by atoms with Crippen molar-refractivity contribution in [1.29, 1.82) is 0 Å². The molecule has 0 amide bonds. The molecule has 0 unspecified atom stereocenters. The van der Waals surface area contributed by atoms with E-state index in [0.29, 0.717) is 26.9 Å². The lowest BCUT2D eigenvalue weighted by molar-refractivity contribution is 0.621. The van der Waals surface area contributed by atoms with Crippen LogP contribution >= 0.6 is 15.9 Å². The second-order valence-corrected chi connectivity index (χ2v) is 5.32. The lowest BCUT2D eigenvalue weighted by Crippen LogP contribution is -1.91. The zero-order chi connectivity index (χ0) is 15.0. The number of nitrogens with one attached hydrogen (secondary N) is 1. The molecule has 3 N–H and O–H groups in total. The molecule has 1 heterocycles. The first kappa shape index (κ1) is 13.8. The van der Waals surface area contributed by atoms with E-state index in [9.17, 15) is 8.78 Å². The number of hydrogen-bond donors (Lipinski definition) is 2. The van der Waals surface area contributed by atoms with Crippen LogP contribution in [-0.4, -0.2) is 10.2 Å². The number of halogens is 3. The monoisotopic (exact) mass is 349 g/mol. The number of nitrogen functional groups attached to an aromatic ring is 1. The first-order valence-corrected chi connectivity index (χ1v) is 6.91. The predicted octanol–water partition coefficient (Wildman–Crippen LogP) is 4.37. The average Bonchev–Trinajstić information content (AvgIpc) is 2.84. The van der Waals surface area contributed by atoms with Crippen molar-refractivity contribution in [1.82, 2.24) is 10.2 Å². The molecule has 0 atom stereocenters. The number of anilines is 1. The summed E-state index contributed by atoms with van der Waals surface area (Å²) < 4.78 is 28.0. The number of aromatic nitrogens is 2. The molecule has 0 fully saturated rings. The van der Waals surface area contributed by atoms with E-state index in [-0.39, 0.29) is 5.82 Å². The first-order chi connectivity index (χ1) is 10.1. The van der Waals surface area contributed by atoms with Gasteiger partial charge in [-0.15, -0.1) is 0 Å². The molecule has 0 bridgehead atoms. The third kappa shape index (κ3) is 2.42. The van der Waals surface area contributed by atoms with Crippen molar-refractivity contribution in [2.45, 2.75) is 0 Å². The van der Waals surface area contributed by atoms with E-state index in [1.54, 1.807) is 30.3 Å². The van der Waals surface area contributed by atoms with Crippen molar-refractivity contribution in [3.63, 3.8) is 0 Å². The highest BCUT2D eigenvalue weighted by Gasteiger charge is 2.18. The molecule has 0 aliphatic heterocycles. The van der Waals surface area contributed by atoms with Gasteiger partial charge in [0.1, 0.15) is 11.6 Å². The van der Waals surface area contributed by atoms with Crippen LogP contribution in [0.5, 0.6) is 0 Å². The van der Waals surface area contributed by atoms with Crippen molar-refractivity contribution in [3.8, 4) is 22.4 Å². The molecule has 3 aromatic rings. The van der Waals surface area contributed by atoms with Gasteiger partial charge in [0.15, 0.2) is 5.82 Å². The maximum atomic E-state index is 14.0. The summed E-state index contributed by atoms with van der Waals surface area (Å²) in [5.74, 6) is -0.664. The van der Waals surface area contributed by atoms with Gasteiger partial charge in [-0.25, -0.2) is 8.78 Å². The molecule has 2 aromatic carbocycles. The lowest BCUT2D eigenvalue weighted by Gasteiger charge is -2.06. The van der Waals surface area contributed by atoms with Gasteiger partial charge in [-0.1, -0.05) is 24.3 Å². The second kappa shape index (κ2) is 5.29. The summed E-state index contributed by atoms with van der Waals surface area (Å²) in [6, 6.07) is 10.9. The SMILES string of the molecule is Nc1n[nH]c(-c2ccc(Br)c(F)c2)c1-c1ccccc1F. The number of hydrogen-bond acceptors (Lipinski definition) is 2. The van der Waals surface area contributed by atoms with Crippen LogP contribution < -0.4 is 5.73 Å². The molecule has 0 radical (unpaired) electrons. The standard InChI is InChI=1S/C15H10BrF2N3/c16-10-6-5-8(7-12(10)18)14-13(15(19)21-20-14)9-3-1-2-4-11(9)17/h1-7H,(H3,19,20,21). The van der Waals surface area contributed by atoms with Crippen molar-refractivity contribution in [3.05, 3.63) is 58.6 Å². The second-order valence-electron chi connectivity index (χ2n) is 4.47. The minimum Gasteiger partial charge on any atom is -0.382 e. The van der Waals surface area contributed by atoms with Crippen molar-refractivity contribution in [2.24, 2.45) is 0 Å². The smallest absolute Gasteiger partial charge is 0.153 e. The molecule has 3 nitrogen and oxygen atoms in total. The number of nitrogens with two attached hydrogens (primary N) is 1. The van der Waals surface area contributed by atoms with E-state index in [2.05, 4.69) is 26.1 Å². The fraction of sp³-hybridized carbons (Fsp3) is 0. The minimum atomic E-state index is -0.417. The fourth-order valence-corrected chi connectivity index (χ4v) is 2.40. The number of H-pyrrole nitrogens is 1. The van der Waals surface area contributed by atoms with Crippen molar-refractivity contribution in [2.75, 3.05) is 5.73 Å². The zero-order valence-corrected chi connectivity index (χ0v) is 12.3. The van der Waals surface area contributed by atoms with Crippen LogP contribution in [0, 0.1) is 11.6 Å². The van der Waals surface area contributed by atoms with Gasteiger partial charge < -0.3 is 5.73 Å². The Morgan fingerprint density at radius 2 is 1.81 bits per heavy atom. The van der Waals surface area contributed by atoms with Crippen LogP contribution in [0.25, 0.3) is 22.4 Å². The van der Waals surface area contributed by atoms with Crippen molar-refractivity contribution < 1.29 is 8.78 Å². The van der Waals surface area contributed by atoms with Crippen LogP contribution in [0.3, 0.4) is 0 Å². The van der Waals surface area contributed by atoms with Gasteiger partial charge in [0.2, 0.25) is 0 Å². The maximum absolute atomic E-state index is 14.0. The Morgan fingerprint density at radius 3 is 2.52 bits per heavy atom. The van der Waals surface area contributed by atoms with Crippen LogP contribution in [0.1, 0.15) is 0 Å². The highest BCUT2D eigenvalue weighted by Crippen LogP contribution is 2.36. The van der Waals surface area contributed by atoms with Gasteiger partial charge in [0.25, 0.3) is 0 Å². The highest BCUT2D eigenvalue weighted by atomic mass is 79.9. The summed E-state index contributed by atoms with van der Waals surface area (Å²) in [7, 11) is 0. The minimum absolute atomic E-state index is 0.165. The summed E-state index contributed by atoms with van der Waals surface area (Å²) >= 11 is 3.10. The summed E-state index contributed by atoms with van der Waals surface area (Å²) in [5.41, 5.74) is 7.60. The Labute approximate surface area is 127 Å². The number of nitrogens with zero attached hydrogens (tertiary/aromatic N) is 1. The molecule has 0 saturated heterocycles. The molecule has 1 aromatic heterocycles. The van der Waals surface area contributed by atoms with Crippen LogP contribution in [0.4, 0.5) is 14.6 Å². The molecule has 0 aliphatic carbocycles. The Kier molecular flexibility index (Phi) is 3.47. The molecular weight excluding hydrogens is 340 g/mol. The molecule has 3 rings (SSSR count). The van der Waals surface area contributed by atoms with Gasteiger partial charge >= 0.3 is 0 Å². The van der Waals surface area contributed by atoms with Gasteiger partial charge in [-0.2, -0.15) is 5.10 Å². The quantitative estimate of drug-likeness (QED) is 0.721. The molecule has 106 valence electrons. The number of aromatic amines is 1. The van der Waals surface area contributed by atoms with E-state index in [0.717, 1.165) is 0 Å². The van der Waals surface area contributed by atoms with Crippen molar-refractivity contribution >= 4 is 21.7 Å². The molecule has 21 heavy (non-hydrogen) atoms. The van der Waals surface area contributed by atoms with E-state index >= 15 is 0 Å². The molecular formula is C15H10BrF2N3. The maximum Gasteiger partial charge on any atom is 0.153 e. The Morgan fingerprint density at radius 1 is 1.05 bits per heavy atom. The van der Waals surface area contributed by atoms with Crippen LogP contribution in [0.2, 0.25) is 0 Å². The Bertz CT molecular complexity index is 814. The van der Waals surface area contributed by atoms with Gasteiger partial charge in [0, 0.05) is 11.1 Å². The van der Waals surface area contributed by atoms with Crippen LogP contribution in [0.15, 0.2) is 46.9 Å². The zero-order valence-electron chi connectivity index (χ0n) is 10.7. The molecule has 0 aliphatic rings. The number of rotatable bonds is 2. The van der Waals surface area contributed by atoms with E-state index in [1.165, 1.54) is 12.1 Å². The van der Waals surface area contributed by atoms with E-state index in [4.69, 9.17) is 5.73 Å². The van der Waals surface area contributed by atoms with Gasteiger partial charge in [-0.05, 0) is 34.1 Å². The topological polar surface area (TPSA) is 54.7 Å². The fourth-order valence-electron chi connectivity index (χ4n) is 2.15. The summed E-state index contributed by atoms with van der Waals surface area (Å²) in [4.78, 5) is 0. The third-order valence-corrected chi connectivity index (χ3v) is 3.79. The molecule has 0 saturated carbocycles. The summed E-state index contributed by atoms with van der Waals surface area (Å²) in [6.07, 6.45) is 0. The third-order valence-electron chi connectivity index (χ3n) is 3.15. The average molecular weight is 350 g/mol. The Hall–Kier alpha value is -2.21. The van der Waals surface area contributed by atoms with E-state index < -0.39 is 11.6 Å². The highest BCUT2D eigenvalue weighted by molar-refractivity contribution is 9.10. The van der Waals surface area contributed by atoms with Crippen LogP contribution in [-0.2, 0) is 0 Å². The number of benzene rings is 2.